The number of ether oxygens (including phenoxy) is 1. The summed E-state index contributed by atoms with van der Waals surface area (Å²) in [5.41, 5.74) is -0.672. The molecule has 150 valence electrons. The lowest BCUT2D eigenvalue weighted by molar-refractivity contribution is -0.155. The number of rotatable bonds is 5. The molecule has 2 atom stereocenters. The van der Waals surface area contributed by atoms with Crippen LogP contribution in [0.3, 0.4) is 0 Å². The summed E-state index contributed by atoms with van der Waals surface area (Å²) in [6, 6.07) is -1.67. The second kappa shape index (κ2) is 8.70. The van der Waals surface area contributed by atoms with Crippen LogP contribution in [0.15, 0.2) is 0 Å². The average molecular weight is 371 g/mol. The predicted molar refractivity (Wildman–Crippen MR) is 97.9 cm³/mol. The third-order valence-electron chi connectivity index (χ3n) is 4.28. The molecule has 26 heavy (non-hydrogen) atoms. The van der Waals surface area contributed by atoms with Gasteiger partial charge in [0.15, 0.2) is 0 Å². The van der Waals surface area contributed by atoms with Crippen molar-refractivity contribution in [2.75, 3.05) is 33.7 Å². The van der Waals surface area contributed by atoms with E-state index in [1.54, 1.807) is 20.8 Å². The number of hydrogen-bond acceptors (Lipinski definition) is 5. The van der Waals surface area contributed by atoms with E-state index in [2.05, 4.69) is 0 Å². The van der Waals surface area contributed by atoms with Crippen LogP contribution in [0.5, 0.6) is 0 Å². The first-order valence-corrected chi connectivity index (χ1v) is 9.01. The fourth-order valence-corrected chi connectivity index (χ4v) is 2.92. The molecule has 0 aliphatic carbocycles. The summed E-state index contributed by atoms with van der Waals surface area (Å²) in [7, 11) is 3.36. The van der Waals surface area contributed by atoms with Crippen LogP contribution in [0.25, 0.3) is 0 Å². The number of hydrogen-bond donors (Lipinski definition) is 1. The second-order valence-electron chi connectivity index (χ2n) is 8.38. The minimum atomic E-state index is -1.03. The molecule has 0 unspecified atom stereocenters. The Balaban J connectivity index is 3.05. The molecule has 1 fully saturated rings. The highest BCUT2D eigenvalue weighted by atomic mass is 16.6. The van der Waals surface area contributed by atoms with Gasteiger partial charge in [0.1, 0.15) is 17.7 Å². The highest BCUT2D eigenvalue weighted by molar-refractivity contribution is 5.89. The lowest BCUT2D eigenvalue weighted by Gasteiger charge is -2.41. The van der Waals surface area contributed by atoms with E-state index in [1.165, 1.54) is 16.8 Å². The fourth-order valence-electron chi connectivity index (χ4n) is 2.92. The first kappa shape index (κ1) is 22.2. The number of carboxylic acids is 1. The molecule has 0 bridgehead atoms. The van der Waals surface area contributed by atoms with Gasteiger partial charge in [-0.2, -0.15) is 0 Å². The standard InChI is InChI=1S/C18H33N3O5/c1-12(2)10-13(20(7)17(25)26-18(3,4)5)15(22)21-9-8-19(6)11-14(21)16(23)24/h12-14H,8-11H2,1-7H3,(H,23,24)/t13-,14+/m0/s1. The monoisotopic (exact) mass is 371 g/mol. The van der Waals surface area contributed by atoms with Gasteiger partial charge in [0.05, 0.1) is 0 Å². The Bertz CT molecular complexity index is 529. The summed E-state index contributed by atoms with van der Waals surface area (Å²) in [6.07, 6.45) is -0.148. The van der Waals surface area contributed by atoms with E-state index in [0.29, 0.717) is 19.5 Å². The van der Waals surface area contributed by atoms with Crippen LogP contribution in [0.4, 0.5) is 4.79 Å². The zero-order chi connectivity index (χ0) is 20.2. The molecule has 2 amide bonds. The number of carbonyl (C=O) groups is 3. The van der Waals surface area contributed by atoms with Crippen molar-refractivity contribution in [1.29, 1.82) is 0 Å². The third kappa shape index (κ3) is 6.16. The molecule has 1 aliphatic rings. The summed E-state index contributed by atoms with van der Waals surface area (Å²) in [4.78, 5) is 41.8. The number of nitrogens with zero attached hydrogens (tertiary/aromatic N) is 3. The summed E-state index contributed by atoms with van der Waals surface area (Å²) in [5.74, 6) is -1.22. The van der Waals surface area contributed by atoms with Crippen LogP contribution in [-0.2, 0) is 14.3 Å². The van der Waals surface area contributed by atoms with E-state index in [-0.39, 0.29) is 18.4 Å². The van der Waals surface area contributed by atoms with Crippen LogP contribution in [0.2, 0.25) is 0 Å². The van der Waals surface area contributed by atoms with Crippen molar-refractivity contribution in [3.63, 3.8) is 0 Å². The number of amides is 2. The van der Waals surface area contributed by atoms with E-state index in [0.717, 1.165) is 0 Å². The van der Waals surface area contributed by atoms with Crippen LogP contribution < -0.4 is 0 Å². The minimum Gasteiger partial charge on any atom is -0.480 e. The molecular weight excluding hydrogens is 338 g/mol. The smallest absolute Gasteiger partial charge is 0.410 e. The van der Waals surface area contributed by atoms with Crippen molar-refractivity contribution < 1.29 is 24.2 Å². The quantitative estimate of drug-likeness (QED) is 0.787. The van der Waals surface area contributed by atoms with Crippen molar-refractivity contribution in [1.82, 2.24) is 14.7 Å². The first-order chi connectivity index (χ1) is 11.8. The molecule has 0 aromatic carbocycles. The van der Waals surface area contributed by atoms with Crippen molar-refractivity contribution >= 4 is 18.0 Å². The van der Waals surface area contributed by atoms with Gasteiger partial charge in [-0.25, -0.2) is 9.59 Å². The lowest BCUT2D eigenvalue weighted by atomic mass is 10.00. The van der Waals surface area contributed by atoms with Gasteiger partial charge in [-0.05, 0) is 40.2 Å². The molecule has 1 rings (SSSR count). The minimum absolute atomic E-state index is 0.157. The van der Waals surface area contributed by atoms with Crippen LogP contribution in [-0.4, -0.2) is 89.2 Å². The molecule has 1 heterocycles. The van der Waals surface area contributed by atoms with Crippen LogP contribution in [0, 0.1) is 5.92 Å². The van der Waals surface area contributed by atoms with Gasteiger partial charge < -0.3 is 19.6 Å². The maximum absolute atomic E-state index is 13.2. The Morgan fingerprint density at radius 3 is 2.27 bits per heavy atom. The number of likely N-dealkylation sites (N-methyl/N-ethyl adjacent to an activating group) is 2. The molecule has 1 aliphatic heterocycles. The fraction of sp³-hybridized carbons (Fsp3) is 0.833. The number of piperazine rings is 1. The molecule has 1 saturated heterocycles. The van der Waals surface area contributed by atoms with Crippen molar-refractivity contribution in [3.8, 4) is 0 Å². The second-order valence-corrected chi connectivity index (χ2v) is 8.38. The van der Waals surface area contributed by atoms with Crippen molar-refractivity contribution in [2.45, 2.75) is 58.7 Å². The summed E-state index contributed by atoms with van der Waals surface area (Å²) < 4.78 is 5.38. The van der Waals surface area contributed by atoms with Gasteiger partial charge in [-0.1, -0.05) is 13.8 Å². The van der Waals surface area contributed by atoms with Gasteiger partial charge >= 0.3 is 12.1 Å². The van der Waals surface area contributed by atoms with Gasteiger partial charge in [-0.15, -0.1) is 0 Å². The summed E-state index contributed by atoms with van der Waals surface area (Å²) in [6.45, 7) is 10.4. The molecule has 0 radical (unpaired) electrons. The van der Waals surface area contributed by atoms with E-state index in [1.807, 2.05) is 25.8 Å². The highest BCUT2D eigenvalue weighted by Crippen LogP contribution is 2.20. The maximum atomic E-state index is 13.2. The molecule has 1 N–H and O–H groups in total. The zero-order valence-corrected chi connectivity index (χ0v) is 17.0. The maximum Gasteiger partial charge on any atom is 0.410 e. The molecule has 0 saturated carbocycles. The van der Waals surface area contributed by atoms with Crippen molar-refractivity contribution in [2.24, 2.45) is 5.92 Å². The number of carboxylic acid groups (broad SMARTS) is 1. The molecule has 0 spiro atoms. The van der Waals surface area contributed by atoms with E-state index < -0.39 is 29.7 Å². The van der Waals surface area contributed by atoms with Gasteiger partial charge in [-0.3, -0.25) is 9.69 Å². The molecular formula is C18H33N3O5. The van der Waals surface area contributed by atoms with Gasteiger partial charge in [0.25, 0.3) is 0 Å². The van der Waals surface area contributed by atoms with Gasteiger partial charge in [0.2, 0.25) is 5.91 Å². The summed E-state index contributed by atoms with van der Waals surface area (Å²) in [5, 5.41) is 9.51. The average Bonchev–Trinajstić information content (AvgIpc) is 2.49. The molecule has 8 nitrogen and oxygen atoms in total. The Kier molecular flexibility index (Phi) is 7.44. The van der Waals surface area contributed by atoms with E-state index >= 15 is 0 Å². The third-order valence-corrected chi connectivity index (χ3v) is 4.28. The van der Waals surface area contributed by atoms with Crippen LogP contribution >= 0.6 is 0 Å². The zero-order valence-electron chi connectivity index (χ0n) is 17.0. The molecule has 0 aromatic rings. The number of carbonyl (C=O) groups excluding carboxylic acids is 2. The first-order valence-electron chi connectivity index (χ1n) is 9.01. The van der Waals surface area contributed by atoms with Crippen LogP contribution in [0.1, 0.15) is 41.0 Å². The number of aliphatic carboxylic acids is 1. The topological polar surface area (TPSA) is 90.4 Å². The lowest BCUT2D eigenvalue weighted by Crippen LogP contribution is -2.61. The highest BCUT2D eigenvalue weighted by Gasteiger charge is 2.40. The predicted octanol–water partition coefficient (Wildman–Crippen LogP) is 1.50. The molecule has 0 aromatic heterocycles. The normalized spacial score (nSPS) is 20.0. The molecule has 8 heteroatoms. The summed E-state index contributed by atoms with van der Waals surface area (Å²) >= 11 is 0. The Morgan fingerprint density at radius 1 is 1.23 bits per heavy atom. The largest absolute Gasteiger partial charge is 0.480 e. The SMILES string of the molecule is CC(C)C[C@@H](C(=O)N1CCN(C)C[C@@H]1C(=O)O)N(C)C(=O)OC(C)(C)C. The van der Waals surface area contributed by atoms with Gasteiger partial charge in [0, 0.05) is 26.7 Å². The Labute approximate surface area is 156 Å². The Morgan fingerprint density at radius 2 is 1.81 bits per heavy atom. The van der Waals surface area contributed by atoms with E-state index in [9.17, 15) is 19.5 Å². The Hall–Kier alpha value is -1.83. The van der Waals surface area contributed by atoms with Crippen molar-refractivity contribution in [3.05, 3.63) is 0 Å². The van der Waals surface area contributed by atoms with E-state index in [4.69, 9.17) is 4.74 Å².